The van der Waals surface area contributed by atoms with Crippen LogP contribution in [-0.2, 0) is 0 Å². The normalized spacial score (nSPS) is 16.2. The standard InChI is InChI=1S/C16H23N3O2/c1-11-7-12(2)9-13(8-11)16(20)19(10-15(17)18-21)14-5-3-4-6-14/h7-9,14,21H,3-6,10H2,1-2H3,(H2,17,18). The van der Waals surface area contributed by atoms with Crippen molar-refractivity contribution in [2.75, 3.05) is 6.54 Å². The molecule has 1 aromatic carbocycles. The predicted octanol–water partition coefficient (Wildman–Crippen LogP) is 2.43. The number of amides is 1. The molecule has 1 aliphatic carbocycles. The first-order valence-corrected chi connectivity index (χ1v) is 7.37. The van der Waals surface area contributed by atoms with E-state index in [1.54, 1.807) is 4.90 Å². The Morgan fingerprint density at radius 3 is 2.38 bits per heavy atom. The summed E-state index contributed by atoms with van der Waals surface area (Å²) in [5.41, 5.74) is 8.42. The molecule has 3 N–H and O–H groups in total. The summed E-state index contributed by atoms with van der Waals surface area (Å²) >= 11 is 0. The zero-order chi connectivity index (χ0) is 15.4. The van der Waals surface area contributed by atoms with Crippen LogP contribution in [0.25, 0.3) is 0 Å². The van der Waals surface area contributed by atoms with Gasteiger partial charge < -0.3 is 15.8 Å². The molecule has 0 radical (unpaired) electrons. The van der Waals surface area contributed by atoms with Gasteiger partial charge >= 0.3 is 0 Å². The summed E-state index contributed by atoms with van der Waals surface area (Å²) in [7, 11) is 0. The van der Waals surface area contributed by atoms with E-state index in [2.05, 4.69) is 5.16 Å². The van der Waals surface area contributed by atoms with Gasteiger partial charge in [-0.05, 0) is 38.8 Å². The fourth-order valence-electron chi connectivity index (χ4n) is 3.05. The van der Waals surface area contributed by atoms with Crippen LogP contribution < -0.4 is 5.73 Å². The van der Waals surface area contributed by atoms with E-state index in [0.29, 0.717) is 5.56 Å². The topological polar surface area (TPSA) is 78.9 Å². The fourth-order valence-corrected chi connectivity index (χ4v) is 3.05. The van der Waals surface area contributed by atoms with Crippen molar-refractivity contribution < 1.29 is 10.0 Å². The number of rotatable bonds is 4. The third-order valence-electron chi connectivity index (χ3n) is 3.96. The van der Waals surface area contributed by atoms with E-state index < -0.39 is 0 Å². The van der Waals surface area contributed by atoms with Crippen molar-refractivity contribution in [2.24, 2.45) is 10.9 Å². The number of nitrogens with zero attached hydrogens (tertiary/aromatic N) is 2. The third kappa shape index (κ3) is 3.74. The summed E-state index contributed by atoms with van der Waals surface area (Å²) < 4.78 is 0. The molecule has 0 heterocycles. The van der Waals surface area contributed by atoms with Crippen molar-refractivity contribution in [3.05, 3.63) is 34.9 Å². The molecule has 1 aromatic rings. The van der Waals surface area contributed by atoms with Crippen molar-refractivity contribution in [3.63, 3.8) is 0 Å². The number of carbonyl (C=O) groups is 1. The summed E-state index contributed by atoms with van der Waals surface area (Å²) in [5.74, 6) is 0.0277. The molecule has 0 atom stereocenters. The summed E-state index contributed by atoms with van der Waals surface area (Å²) in [6, 6.07) is 6.01. The van der Waals surface area contributed by atoms with Crippen LogP contribution in [0.1, 0.15) is 47.2 Å². The van der Waals surface area contributed by atoms with Crippen molar-refractivity contribution >= 4 is 11.7 Å². The minimum Gasteiger partial charge on any atom is -0.409 e. The Balaban J connectivity index is 2.28. The van der Waals surface area contributed by atoms with E-state index in [1.807, 2.05) is 32.0 Å². The van der Waals surface area contributed by atoms with Gasteiger partial charge in [0.05, 0.1) is 6.54 Å². The second-order valence-corrected chi connectivity index (χ2v) is 5.84. The molecule has 0 aliphatic heterocycles. The smallest absolute Gasteiger partial charge is 0.254 e. The first kappa shape index (κ1) is 15.4. The fraction of sp³-hybridized carbons (Fsp3) is 0.500. The van der Waals surface area contributed by atoms with Crippen LogP contribution in [0.4, 0.5) is 0 Å². The van der Waals surface area contributed by atoms with Crippen LogP contribution in [0.3, 0.4) is 0 Å². The number of hydrogen-bond donors (Lipinski definition) is 2. The van der Waals surface area contributed by atoms with Crippen LogP contribution in [0.2, 0.25) is 0 Å². The van der Waals surface area contributed by atoms with Gasteiger partial charge in [-0.1, -0.05) is 35.2 Å². The molecule has 0 spiro atoms. The van der Waals surface area contributed by atoms with E-state index >= 15 is 0 Å². The van der Waals surface area contributed by atoms with E-state index in [4.69, 9.17) is 10.9 Å². The quantitative estimate of drug-likeness (QED) is 0.387. The number of nitrogens with two attached hydrogens (primary N) is 1. The molecular formula is C16H23N3O2. The highest BCUT2D eigenvalue weighted by Crippen LogP contribution is 2.25. The minimum atomic E-state index is -0.0414. The van der Waals surface area contributed by atoms with Gasteiger partial charge in [0.1, 0.15) is 0 Å². The maximum absolute atomic E-state index is 12.8. The summed E-state index contributed by atoms with van der Waals surface area (Å²) in [4.78, 5) is 14.6. The molecule has 0 bridgehead atoms. The summed E-state index contributed by atoms with van der Waals surface area (Å²) in [6.07, 6.45) is 4.21. The number of amidine groups is 1. The maximum Gasteiger partial charge on any atom is 0.254 e. The second-order valence-electron chi connectivity index (χ2n) is 5.84. The van der Waals surface area contributed by atoms with Gasteiger partial charge in [0.25, 0.3) is 5.91 Å². The average molecular weight is 289 g/mol. The first-order valence-electron chi connectivity index (χ1n) is 7.37. The Labute approximate surface area is 125 Å². The Morgan fingerprint density at radius 2 is 1.86 bits per heavy atom. The average Bonchev–Trinajstić information content (AvgIpc) is 2.96. The lowest BCUT2D eigenvalue weighted by molar-refractivity contribution is 0.0712. The second kappa shape index (κ2) is 6.61. The maximum atomic E-state index is 12.8. The van der Waals surface area contributed by atoms with Gasteiger partial charge in [0.2, 0.25) is 0 Å². The zero-order valence-corrected chi connectivity index (χ0v) is 12.7. The molecule has 0 unspecified atom stereocenters. The summed E-state index contributed by atoms with van der Waals surface area (Å²) in [6.45, 7) is 4.13. The number of benzene rings is 1. The van der Waals surface area contributed by atoms with Gasteiger partial charge in [0, 0.05) is 11.6 Å². The van der Waals surface area contributed by atoms with Crippen molar-refractivity contribution in [1.82, 2.24) is 4.90 Å². The molecular weight excluding hydrogens is 266 g/mol. The van der Waals surface area contributed by atoms with Crippen LogP contribution in [0, 0.1) is 13.8 Å². The molecule has 5 nitrogen and oxygen atoms in total. The Hall–Kier alpha value is -2.04. The molecule has 5 heteroatoms. The highest BCUT2D eigenvalue weighted by Gasteiger charge is 2.28. The van der Waals surface area contributed by atoms with E-state index in [1.165, 1.54) is 0 Å². The van der Waals surface area contributed by atoms with Gasteiger partial charge in [0.15, 0.2) is 5.84 Å². The Morgan fingerprint density at radius 1 is 1.29 bits per heavy atom. The lowest BCUT2D eigenvalue weighted by atomic mass is 10.1. The Bertz CT molecular complexity index is 528. The van der Waals surface area contributed by atoms with Gasteiger partial charge in [-0.15, -0.1) is 0 Å². The molecule has 1 aliphatic rings. The lowest BCUT2D eigenvalue weighted by Crippen LogP contribution is -2.44. The van der Waals surface area contributed by atoms with Crippen LogP contribution >= 0.6 is 0 Å². The number of aryl methyl sites for hydroxylation is 2. The third-order valence-corrected chi connectivity index (χ3v) is 3.96. The van der Waals surface area contributed by atoms with Crippen molar-refractivity contribution in [3.8, 4) is 0 Å². The number of oxime groups is 1. The molecule has 1 fully saturated rings. The van der Waals surface area contributed by atoms with Crippen molar-refractivity contribution in [2.45, 2.75) is 45.6 Å². The molecule has 21 heavy (non-hydrogen) atoms. The van der Waals surface area contributed by atoms with Crippen LogP contribution in [-0.4, -0.2) is 34.4 Å². The number of carbonyl (C=O) groups excluding carboxylic acids is 1. The zero-order valence-electron chi connectivity index (χ0n) is 12.7. The lowest BCUT2D eigenvalue weighted by Gasteiger charge is -2.28. The minimum absolute atomic E-state index is 0.0414. The monoisotopic (exact) mass is 289 g/mol. The highest BCUT2D eigenvalue weighted by atomic mass is 16.4. The Kier molecular flexibility index (Phi) is 4.83. The molecule has 2 rings (SSSR count). The largest absolute Gasteiger partial charge is 0.409 e. The summed E-state index contributed by atoms with van der Waals surface area (Å²) in [5, 5.41) is 11.8. The van der Waals surface area contributed by atoms with Gasteiger partial charge in [-0.25, -0.2) is 0 Å². The molecule has 1 amide bonds. The van der Waals surface area contributed by atoms with E-state index in [9.17, 15) is 4.79 Å². The van der Waals surface area contributed by atoms with Gasteiger partial charge in [-0.3, -0.25) is 4.79 Å². The SMILES string of the molecule is Cc1cc(C)cc(C(=O)N(CC(N)=NO)C2CCCC2)c1. The molecule has 0 saturated heterocycles. The van der Waals surface area contributed by atoms with Crippen LogP contribution in [0.5, 0.6) is 0 Å². The molecule has 0 aromatic heterocycles. The van der Waals surface area contributed by atoms with E-state index in [-0.39, 0.29) is 24.3 Å². The highest BCUT2D eigenvalue weighted by molar-refractivity contribution is 5.97. The van der Waals surface area contributed by atoms with Crippen molar-refractivity contribution in [1.29, 1.82) is 0 Å². The first-order chi connectivity index (χ1) is 10.0. The van der Waals surface area contributed by atoms with Gasteiger partial charge in [-0.2, -0.15) is 0 Å². The van der Waals surface area contributed by atoms with Crippen LogP contribution in [0.15, 0.2) is 23.4 Å². The number of hydrogen-bond acceptors (Lipinski definition) is 3. The predicted molar refractivity (Wildman–Crippen MR) is 82.6 cm³/mol. The van der Waals surface area contributed by atoms with E-state index in [0.717, 1.165) is 36.8 Å². The molecule has 1 saturated carbocycles. The molecule has 114 valence electrons.